The molecule has 26 heavy (non-hydrogen) atoms. The first kappa shape index (κ1) is 18.6. The van der Waals surface area contributed by atoms with Crippen LogP contribution in [0.15, 0.2) is 56.6 Å². The van der Waals surface area contributed by atoms with Gasteiger partial charge in [-0.15, -0.1) is 10.2 Å². The SMILES string of the molecule is COc1ccc(-c2nnc(SCCOc3ccc(Br)cc3)o2)c(OC)c1. The van der Waals surface area contributed by atoms with Gasteiger partial charge in [0.25, 0.3) is 11.1 Å². The van der Waals surface area contributed by atoms with Crippen molar-refractivity contribution in [3.63, 3.8) is 0 Å². The van der Waals surface area contributed by atoms with Crippen LogP contribution in [-0.2, 0) is 0 Å². The summed E-state index contributed by atoms with van der Waals surface area (Å²) in [5.74, 6) is 3.23. The monoisotopic (exact) mass is 436 g/mol. The zero-order valence-electron chi connectivity index (χ0n) is 14.3. The summed E-state index contributed by atoms with van der Waals surface area (Å²) < 4.78 is 23.0. The van der Waals surface area contributed by atoms with Gasteiger partial charge in [-0.25, -0.2) is 0 Å². The summed E-state index contributed by atoms with van der Waals surface area (Å²) in [6.07, 6.45) is 0. The van der Waals surface area contributed by atoms with Gasteiger partial charge >= 0.3 is 0 Å². The van der Waals surface area contributed by atoms with E-state index in [1.165, 1.54) is 11.8 Å². The van der Waals surface area contributed by atoms with Crippen molar-refractivity contribution in [1.29, 1.82) is 0 Å². The largest absolute Gasteiger partial charge is 0.497 e. The van der Waals surface area contributed by atoms with Gasteiger partial charge in [0.05, 0.1) is 26.4 Å². The van der Waals surface area contributed by atoms with Crippen molar-refractivity contribution >= 4 is 27.7 Å². The molecule has 0 fully saturated rings. The van der Waals surface area contributed by atoms with E-state index in [1.807, 2.05) is 36.4 Å². The molecule has 0 aliphatic heterocycles. The van der Waals surface area contributed by atoms with Crippen LogP contribution in [-0.4, -0.2) is 36.8 Å². The minimum Gasteiger partial charge on any atom is -0.497 e. The van der Waals surface area contributed by atoms with Crippen molar-refractivity contribution in [2.24, 2.45) is 0 Å². The van der Waals surface area contributed by atoms with Crippen molar-refractivity contribution in [2.45, 2.75) is 5.22 Å². The van der Waals surface area contributed by atoms with E-state index in [1.54, 1.807) is 20.3 Å². The molecule has 0 aliphatic rings. The van der Waals surface area contributed by atoms with Crippen molar-refractivity contribution in [2.75, 3.05) is 26.6 Å². The molecular formula is C18H17BrN2O4S. The van der Waals surface area contributed by atoms with E-state index >= 15 is 0 Å². The summed E-state index contributed by atoms with van der Waals surface area (Å²) in [5.41, 5.74) is 0.721. The number of nitrogens with zero attached hydrogens (tertiary/aromatic N) is 2. The number of rotatable bonds is 8. The van der Waals surface area contributed by atoms with Crippen molar-refractivity contribution in [1.82, 2.24) is 10.2 Å². The summed E-state index contributed by atoms with van der Waals surface area (Å²) >= 11 is 4.83. The molecule has 0 bridgehead atoms. The topological polar surface area (TPSA) is 66.6 Å². The third-order valence-electron chi connectivity index (χ3n) is 3.44. The second kappa shape index (κ2) is 8.95. The summed E-state index contributed by atoms with van der Waals surface area (Å²) in [4.78, 5) is 0. The number of methoxy groups -OCH3 is 2. The van der Waals surface area contributed by atoms with Gasteiger partial charge in [0, 0.05) is 16.3 Å². The molecule has 2 aromatic carbocycles. The van der Waals surface area contributed by atoms with E-state index in [0.717, 1.165) is 15.8 Å². The van der Waals surface area contributed by atoms with Crippen LogP contribution in [0.5, 0.6) is 17.2 Å². The molecule has 1 heterocycles. The average Bonchev–Trinajstić information content (AvgIpc) is 3.14. The van der Waals surface area contributed by atoms with E-state index in [2.05, 4.69) is 26.1 Å². The molecule has 1 aromatic heterocycles. The van der Waals surface area contributed by atoms with E-state index in [9.17, 15) is 0 Å². The zero-order chi connectivity index (χ0) is 18.4. The Morgan fingerprint density at radius 3 is 2.50 bits per heavy atom. The number of ether oxygens (including phenoxy) is 3. The molecule has 0 amide bonds. The smallest absolute Gasteiger partial charge is 0.276 e. The van der Waals surface area contributed by atoms with Crippen molar-refractivity contribution < 1.29 is 18.6 Å². The van der Waals surface area contributed by atoms with E-state index in [4.69, 9.17) is 18.6 Å². The first-order valence-corrected chi connectivity index (χ1v) is 9.54. The fourth-order valence-electron chi connectivity index (χ4n) is 2.17. The number of halogens is 1. The molecule has 0 saturated heterocycles. The van der Waals surface area contributed by atoms with Crippen LogP contribution >= 0.6 is 27.7 Å². The summed E-state index contributed by atoms with van der Waals surface area (Å²) in [6.45, 7) is 0.538. The number of thioether (sulfide) groups is 1. The van der Waals surface area contributed by atoms with Crippen LogP contribution < -0.4 is 14.2 Å². The van der Waals surface area contributed by atoms with Crippen LogP contribution in [0.4, 0.5) is 0 Å². The molecule has 3 aromatic rings. The Kier molecular flexibility index (Phi) is 6.40. The van der Waals surface area contributed by atoms with E-state index in [0.29, 0.717) is 35.0 Å². The molecular weight excluding hydrogens is 420 g/mol. The molecule has 0 spiro atoms. The van der Waals surface area contributed by atoms with Crippen LogP contribution in [0.2, 0.25) is 0 Å². The predicted octanol–water partition coefficient (Wildman–Crippen LogP) is 4.69. The van der Waals surface area contributed by atoms with Gasteiger partial charge in [-0.05, 0) is 36.4 Å². The molecule has 0 saturated carbocycles. The highest BCUT2D eigenvalue weighted by Crippen LogP contribution is 2.33. The number of aromatic nitrogens is 2. The van der Waals surface area contributed by atoms with Gasteiger partial charge in [-0.2, -0.15) is 0 Å². The van der Waals surface area contributed by atoms with Crippen LogP contribution in [0.3, 0.4) is 0 Å². The second-order valence-corrected chi connectivity index (χ2v) is 7.05. The Morgan fingerprint density at radius 1 is 1.00 bits per heavy atom. The minimum atomic E-state index is 0.404. The molecule has 136 valence electrons. The quantitative estimate of drug-likeness (QED) is 0.374. The Labute approximate surface area is 164 Å². The normalized spacial score (nSPS) is 10.6. The Hall–Kier alpha value is -2.19. The number of benzene rings is 2. The Balaban J connectivity index is 1.57. The van der Waals surface area contributed by atoms with Gasteiger partial charge in [0.1, 0.15) is 17.2 Å². The van der Waals surface area contributed by atoms with Crippen LogP contribution in [0, 0.1) is 0 Å². The van der Waals surface area contributed by atoms with E-state index < -0.39 is 0 Å². The van der Waals surface area contributed by atoms with Crippen molar-refractivity contribution in [3.05, 3.63) is 46.9 Å². The van der Waals surface area contributed by atoms with Crippen LogP contribution in [0.1, 0.15) is 0 Å². The highest BCUT2D eigenvalue weighted by Gasteiger charge is 2.14. The fraction of sp³-hybridized carbons (Fsp3) is 0.222. The minimum absolute atomic E-state index is 0.404. The van der Waals surface area contributed by atoms with Crippen LogP contribution in [0.25, 0.3) is 11.5 Å². The fourth-order valence-corrected chi connectivity index (χ4v) is 3.01. The highest BCUT2D eigenvalue weighted by atomic mass is 79.9. The predicted molar refractivity (Wildman–Crippen MR) is 103 cm³/mol. The molecule has 0 radical (unpaired) electrons. The lowest BCUT2D eigenvalue weighted by atomic mass is 10.2. The maximum atomic E-state index is 5.71. The first-order valence-electron chi connectivity index (χ1n) is 7.76. The molecule has 0 unspecified atom stereocenters. The highest BCUT2D eigenvalue weighted by molar-refractivity contribution is 9.10. The number of hydrogen-bond acceptors (Lipinski definition) is 7. The lowest BCUT2D eigenvalue weighted by Crippen LogP contribution is -1.99. The maximum Gasteiger partial charge on any atom is 0.276 e. The molecule has 8 heteroatoms. The van der Waals surface area contributed by atoms with Gasteiger partial charge in [-0.1, -0.05) is 27.7 Å². The van der Waals surface area contributed by atoms with E-state index in [-0.39, 0.29) is 0 Å². The molecule has 6 nitrogen and oxygen atoms in total. The Bertz CT molecular complexity index is 855. The first-order chi connectivity index (χ1) is 12.7. The lowest BCUT2D eigenvalue weighted by Gasteiger charge is -2.07. The molecule has 0 aliphatic carbocycles. The molecule has 3 rings (SSSR count). The van der Waals surface area contributed by atoms with Gasteiger partial charge in [0.2, 0.25) is 0 Å². The van der Waals surface area contributed by atoms with Gasteiger partial charge in [0.15, 0.2) is 0 Å². The third kappa shape index (κ3) is 4.70. The number of hydrogen-bond donors (Lipinski definition) is 0. The standard InChI is InChI=1S/C18H17BrN2O4S/c1-22-14-7-8-15(16(11-14)23-2)17-20-21-18(25-17)26-10-9-24-13-5-3-12(19)4-6-13/h3-8,11H,9-10H2,1-2H3. The maximum absolute atomic E-state index is 5.71. The molecule has 0 atom stereocenters. The van der Waals surface area contributed by atoms with Gasteiger partial charge < -0.3 is 18.6 Å². The average molecular weight is 437 g/mol. The zero-order valence-corrected chi connectivity index (χ0v) is 16.7. The lowest BCUT2D eigenvalue weighted by molar-refractivity contribution is 0.343. The third-order valence-corrected chi connectivity index (χ3v) is 4.75. The second-order valence-electron chi connectivity index (χ2n) is 5.09. The summed E-state index contributed by atoms with van der Waals surface area (Å²) in [7, 11) is 3.19. The van der Waals surface area contributed by atoms with Gasteiger partial charge in [-0.3, -0.25) is 0 Å². The molecule has 0 N–H and O–H groups in total. The van der Waals surface area contributed by atoms with Crippen molar-refractivity contribution in [3.8, 4) is 28.7 Å². The Morgan fingerprint density at radius 2 is 1.77 bits per heavy atom. The summed E-state index contributed by atoms with van der Waals surface area (Å²) in [6, 6.07) is 13.1. The summed E-state index contributed by atoms with van der Waals surface area (Å²) in [5, 5.41) is 8.64.